The molecule has 0 radical (unpaired) electrons. The summed E-state index contributed by atoms with van der Waals surface area (Å²) < 4.78 is 13.8. The molecule has 2 aromatic rings. The number of hydrogen-bond donors (Lipinski definition) is 1. The predicted molar refractivity (Wildman–Crippen MR) is 87.5 cm³/mol. The lowest BCUT2D eigenvalue weighted by Crippen LogP contribution is -2.23. The third-order valence-corrected chi connectivity index (χ3v) is 3.85. The summed E-state index contributed by atoms with van der Waals surface area (Å²) in [4.78, 5) is 0. The lowest BCUT2D eigenvalue weighted by atomic mass is 9.95. The fraction of sp³-hybridized carbons (Fsp3) is 0.333. The maximum absolute atomic E-state index is 13.8. The highest BCUT2D eigenvalue weighted by atomic mass is 35.5. The van der Waals surface area contributed by atoms with Crippen molar-refractivity contribution in [3.05, 3.63) is 69.5 Å². The number of aryl methyl sites for hydroxylation is 2. The van der Waals surface area contributed by atoms with Crippen molar-refractivity contribution in [1.82, 2.24) is 5.32 Å². The lowest BCUT2D eigenvalue weighted by molar-refractivity contribution is 0.586. The minimum Gasteiger partial charge on any atom is -0.306 e. The Morgan fingerprint density at radius 2 is 1.62 bits per heavy atom. The smallest absolute Gasteiger partial charge is 0.129 e. The van der Waals surface area contributed by atoms with Crippen LogP contribution in [0.25, 0.3) is 0 Å². The zero-order valence-corrected chi connectivity index (χ0v) is 13.5. The Morgan fingerprint density at radius 3 is 2.14 bits per heavy atom. The third-order valence-electron chi connectivity index (χ3n) is 3.59. The second kappa shape index (κ2) is 7.06. The van der Waals surface area contributed by atoms with Crippen LogP contribution in [-0.4, -0.2) is 6.54 Å². The molecule has 21 heavy (non-hydrogen) atoms. The molecule has 2 aromatic carbocycles. The third kappa shape index (κ3) is 3.84. The average Bonchev–Trinajstić information content (AvgIpc) is 2.46. The van der Waals surface area contributed by atoms with Crippen molar-refractivity contribution >= 4 is 11.6 Å². The van der Waals surface area contributed by atoms with Crippen molar-refractivity contribution in [3.63, 3.8) is 0 Å². The summed E-state index contributed by atoms with van der Waals surface area (Å²) in [5, 5.41) is 4.25. The van der Waals surface area contributed by atoms with E-state index in [0.29, 0.717) is 11.1 Å². The predicted octanol–water partition coefficient (Wildman–Crippen LogP) is 5.18. The summed E-state index contributed by atoms with van der Waals surface area (Å²) in [5.41, 5.74) is 3.59. The van der Waals surface area contributed by atoms with Crippen molar-refractivity contribution < 1.29 is 4.39 Å². The van der Waals surface area contributed by atoms with Crippen LogP contribution in [0.5, 0.6) is 0 Å². The number of halogens is 2. The van der Waals surface area contributed by atoms with Gasteiger partial charge in [-0.2, -0.15) is 0 Å². The molecule has 0 aliphatic heterocycles. The first-order valence-corrected chi connectivity index (χ1v) is 7.66. The number of benzene rings is 2. The van der Waals surface area contributed by atoms with Gasteiger partial charge < -0.3 is 5.32 Å². The molecule has 0 bridgehead atoms. The molecule has 1 atom stereocenters. The van der Waals surface area contributed by atoms with Crippen molar-refractivity contribution in [2.75, 3.05) is 6.54 Å². The highest BCUT2D eigenvalue weighted by molar-refractivity contribution is 6.30. The summed E-state index contributed by atoms with van der Waals surface area (Å²) in [6, 6.07) is 11.7. The summed E-state index contributed by atoms with van der Waals surface area (Å²) in [5.74, 6) is -0.121. The van der Waals surface area contributed by atoms with Gasteiger partial charge in [0, 0.05) is 5.02 Å². The van der Waals surface area contributed by atoms with Crippen LogP contribution in [0.4, 0.5) is 4.39 Å². The Kier molecular flexibility index (Phi) is 5.38. The van der Waals surface area contributed by atoms with Crippen LogP contribution in [0.3, 0.4) is 0 Å². The molecule has 0 spiro atoms. The van der Waals surface area contributed by atoms with E-state index in [1.165, 1.54) is 0 Å². The van der Waals surface area contributed by atoms with Crippen LogP contribution in [0, 0.1) is 19.7 Å². The minimum atomic E-state index is -0.121. The van der Waals surface area contributed by atoms with Crippen LogP contribution < -0.4 is 5.32 Å². The van der Waals surface area contributed by atoms with Crippen molar-refractivity contribution in [2.45, 2.75) is 33.2 Å². The van der Waals surface area contributed by atoms with E-state index in [1.54, 1.807) is 0 Å². The van der Waals surface area contributed by atoms with E-state index in [1.807, 2.05) is 50.2 Å². The molecule has 0 amide bonds. The second-order valence-corrected chi connectivity index (χ2v) is 5.84. The summed E-state index contributed by atoms with van der Waals surface area (Å²) in [6.45, 7) is 6.66. The monoisotopic (exact) mass is 305 g/mol. The molecule has 0 aliphatic carbocycles. The average molecular weight is 306 g/mol. The van der Waals surface area contributed by atoms with Gasteiger partial charge in [0.2, 0.25) is 0 Å². The topological polar surface area (TPSA) is 12.0 Å². The molecule has 0 heterocycles. The van der Waals surface area contributed by atoms with E-state index in [-0.39, 0.29) is 11.9 Å². The zero-order valence-electron chi connectivity index (χ0n) is 12.7. The molecule has 1 nitrogen and oxygen atoms in total. The first-order valence-electron chi connectivity index (χ1n) is 7.28. The maximum Gasteiger partial charge on any atom is 0.129 e. The van der Waals surface area contributed by atoms with Crippen LogP contribution in [0.2, 0.25) is 5.02 Å². The van der Waals surface area contributed by atoms with Gasteiger partial charge in [0.05, 0.1) is 6.04 Å². The van der Waals surface area contributed by atoms with E-state index in [2.05, 4.69) is 12.2 Å². The van der Waals surface area contributed by atoms with Crippen LogP contribution >= 0.6 is 11.6 Å². The molecule has 3 heteroatoms. The molecular formula is C18H21ClFN. The number of nitrogens with one attached hydrogen (secondary N) is 1. The molecule has 0 saturated heterocycles. The Bertz CT molecular complexity index is 584. The summed E-state index contributed by atoms with van der Waals surface area (Å²) >= 11 is 5.97. The highest BCUT2D eigenvalue weighted by Crippen LogP contribution is 2.26. The molecular weight excluding hydrogens is 285 g/mol. The standard InChI is InChI=1S/C18H21ClFN/c1-4-9-21-18(14-5-7-16(19)8-6-14)15-10-12(2)17(20)13(3)11-15/h5-8,10-11,18,21H,4,9H2,1-3H3. The summed E-state index contributed by atoms with van der Waals surface area (Å²) in [7, 11) is 0. The Morgan fingerprint density at radius 1 is 1.05 bits per heavy atom. The molecule has 0 aromatic heterocycles. The molecule has 2 rings (SSSR count). The second-order valence-electron chi connectivity index (χ2n) is 5.41. The first kappa shape index (κ1) is 16.0. The van der Waals surface area contributed by atoms with Gasteiger partial charge in [0.25, 0.3) is 0 Å². The Balaban J connectivity index is 2.42. The van der Waals surface area contributed by atoms with Gasteiger partial charge in [-0.3, -0.25) is 0 Å². The number of rotatable bonds is 5. The van der Waals surface area contributed by atoms with E-state index in [0.717, 1.165) is 29.1 Å². The summed E-state index contributed by atoms with van der Waals surface area (Å²) in [6.07, 6.45) is 1.04. The largest absolute Gasteiger partial charge is 0.306 e. The van der Waals surface area contributed by atoms with E-state index >= 15 is 0 Å². The Labute approximate surface area is 131 Å². The molecule has 0 saturated carbocycles. The lowest BCUT2D eigenvalue weighted by Gasteiger charge is -2.21. The van der Waals surface area contributed by atoms with Gasteiger partial charge in [0.15, 0.2) is 0 Å². The zero-order chi connectivity index (χ0) is 15.4. The fourth-order valence-electron chi connectivity index (χ4n) is 2.52. The quantitative estimate of drug-likeness (QED) is 0.802. The fourth-order valence-corrected chi connectivity index (χ4v) is 2.64. The van der Waals surface area contributed by atoms with Crippen molar-refractivity contribution in [3.8, 4) is 0 Å². The molecule has 112 valence electrons. The van der Waals surface area contributed by atoms with Crippen LogP contribution in [0.1, 0.15) is 41.6 Å². The SMILES string of the molecule is CCCNC(c1ccc(Cl)cc1)c1cc(C)c(F)c(C)c1. The highest BCUT2D eigenvalue weighted by Gasteiger charge is 2.15. The van der Waals surface area contributed by atoms with Gasteiger partial charge >= 0.3 is 0 Å². The van der Waals surface area contributed by atoms with Gasteiger partial charge in [-0.15, -0.1) is 0 Å². The molecule has 1 N–H and O–H groups in total. The molecule has 1 unspecified atom stereocenters. The van der Waals surface area contributed by atoms with Gasteiger partial charge in [0.1, 0.15) is 5.82 Å². The van der Waals surface area contributed by atoms with E-state index in [9.17, 15) is 4.39 Å². The maximum atomic E-state index is 13.8. The van der Waals surface area contributed by atoms with Crippen molar-refractivity contribution in [1.29, 1.82) is 0 Å². The first-order chi connectivity index (χ1) is 10.0. The molecule has 0 fully saturated rings. The molecule has 0 aliphatic rings. The normalized spacial score (nSPS) is 12.4. The van der Waals surface area contributed by atoms with Gasteiger partial charge in [-0.25, -0.2) is 4.39 Å². The van der Waals surface area contributed by atoms with Gasteiger partial charge in [-0.1, -0.05) is 42.8 Å². The van der Waals surface area contributed by atoms with E-state index < -0.39 is 0 Å². The number of hydrogen-bond acceptors (Lipinski definition) is 1. The van der Waals surface area contributed by atoms with Gasteiger partial charge in [-0.05, 0) is 61.2 Å². The Hall–Kier alpha value is -1.38. The van der Waals surface area contributed by atoms with Crippen LogP contribution in [0.15, 0.2) is 36.4 Å². The minimum absolute atomic E-state index is 0.0558. The van der Waals surface area contributed by atoms with Crippen molar-refractivity contribution in [2.24, 2.45) is 0 Å². The van der Waals surface area contributed by atoms with E-state index in [4.69, 9.17) is 11.6 Å². The van der Waals surface area contributed by atoms with Crippen LogP contribution in [-0.2, 0) is 0 Å².